The van der Waals surface area contributed by atoms with E-state index in [2.05, 4.69) is 61.1 Å². The highest BCUT2D eigenvalue weighted by Crippen LogP contribution is 2.19. The van der Waals surface area contributed by atoms with Gasteiger partial charge in [-0.2, -0.15) is 0 Å². The average Bonchev–Trinajstić information content (AvgIpc) is 2.49. The Morgan fingerprint density at radius 2 is 1.95 bits per heavy atom. The van der Waals surface area contributed by atoms with Crippen molar-refractivity contribution in [2.75, 3.05) is 11.9 Å². The standard InChI is InChI=1S/C17H23N3/c1-4-16(18)17-10-9-15(11-19-17)20(3)12-14-8-6-5-7-13(14)2/h5-11,16H,4,12,18H2,1-3H3/t16-/m1/s1. The quantitative estimate of drug-likeness (QED) is 0.904. The van der Waals surface area contributed by atoms with Crippen molar-refractivity contribution >= 4 is 5.69 Å². The van der Waals surface area contributed by atoms with E-state index in [0.717, 1.165) is 24.3 Å². The van der Waals surface area contributed by atoms with Crippen LogP contribution in [0.25, 0.3) is 0 Å². The lowest BCUT2D eigenvalue weighted by Crippen LogP contribution is -2.18. The van der Waals surface area contributed by atoms with Gasteiger partial charge >= 0.3 is 0 Å². The van der Waals surface area contributed by atoms with Crippen molar-refractivity contribution in [2.45, 2.75) is 32.9 Å². The summed E-state index contributed by atoms with van der Waals surface area (Å²) < 4.78 is 0. The van der Waals surface area contributed by atoms with Crippen molar-refractivity contribution in [1.82, 2.24) is 4.98 Å². The van der Waals surface area contributed by atoms with Crippen molar-refractivity contribution in [3.05, 3.63) is 59.4 Å². The molecule has 0 amide bonds. The molecule has 0 bridgehead atoms. The summed E-state index contributed by atoms with van der Waals surface area (Å²) in [6.45, 7) is 5.10. The van der Waals surface area contributed by atoms with Gasteiger partial charge in [0, 0.05) is 19.6 Å². The Bertz CT molecular complexity index is 548. The topological polar surface area (TPSA) is 42.1 Å². The molecule has 2 rings (SSSR count). The molecule has 0 aliphatic rings. The zero-order chi connectivity index (χ0) is 14.5. The van der Waals surface area contributed by atoms with E-state index >= 15 is 0 Å². The maximum Gasteiger partial charge on any atom is 0.0572 e. The number of aryl methyl sites for hydroxylation is 1. The first-order chi connectivity index (χ1) is 9.61. The summed E-state index contributed by atoms with van der Waals surface area (Å²) in [6.07, 6.45) is 2.81. The number of pyridine rings is 1. The SMILES string of the molecule is CC[C@@H](N)c1ccc(N(C)Cc2ccccc2C)cn1. The molecule has 0 aliphatic heterocycles. The third-order valence-electron chi connectivity index (χ3n) is 3.70. The van der Waals surface area contributed by atoms with Crippen LogP contribution in [0.15, 0.2) is 42.6 Å². The molecule has 1 heterocycles. The van der Waals surface area contributed by atoms with Gasteiger partial charge in [-0.1, -0.05) is 31.2 Å². The van der Waals surface area contributed by atoms with Crippen molar-refractivity contribution in [2.24, 2.45) is 5.73 Å². The van der Waals surface area contributed by atoms with E-state index in [9.17, 15) is 0 Å². The number of nitrogens with two attached hydrogens (primary N) is 1. The minimum absolute atomic E-state index is 0.0331. The summed E-state index contributed by atoms with van der Waals surface area (Å²) in [5.74, 6) is 0. The summed E-state index contributed by atoms with van der Waals surface area (Å²) in [5, 5.41) is 0. The van der Waals surface area contributed by atoms with Gasteiger partial charge in [-0.3, -0.25) is 4.98 Å². The first kappa shape index (κ1) is 14.5. The van der Waals surface area contributed by atoms with Gasteiger partial charge in [0.15, 0.2) is 0 Å². The van der Waals surface area contributed by atoms with Crippen molar-refractivity contribution in [1.29, 1.82) is 0 Å². The lowest BCUT2D eigenvalue weighted by atomic mass is 10.1. The van der Waals surface area contributed by atoms with Crippen molar-refractivity contribution in [3.8, 4) is 0 Å². The molecular weight excluding hydrogens is 246 g/mol. The Balaban J connectivity index is 2.10. The van der Waals surface area contributed by atoms with E-state index in [1.54, 1.807) is 0 Å². The van der Waals surface area contributed by atoms with E-state index in [0.29, 0.717) is 0 Å². The monoisotopic (exact) mass is 269 g/mol. The van der Waals surface area contributed by atoms with Crippen LogP contribution in [0, 0.1) is 6.92 Å². The molecule has 1 aromatic carbocycles. The summed E-state index contributed by atoms with van der Waals surface area (Å²) in [7, 11) is 2.09. The van der Waals surface area contributed by atoms with E-state index in [1.807, 2.05) is 12.3 Å². The minimum atomic E-state index is 0.0331. The van der Waals surface area contributed by atoms with E-state index in [4.69, 9.17) is 5.73 Å². The van der Waals surface area contributed by atoms with Crippen LogP contribution in [0.5, 0.6) is 0 Å². The summed E-state index contributed by atoms with van der Waals surface area (Å²) in [5.41, 5.74) is 10.7. The van der Waals surface area contributed by atoms with E-state index in [-0.39, 0.29) is 6.04 Å². The predicted octanol–water partition coefficient (Wildman–Crippen LogP) is 3.44. The van der Waals surface area contributed by atoms with Gasteiger partial charge in [-0.25, -0.2) is 0 Å². The van der Waals surface area contributed by atoms with Crippen LogP contribution in [0.3, 0.4) is 0 Å². The average molecular weight is 269 g/mol. The van der Waals surface area contributed by atoms with Gasteiger partial charge in [0.1, 0.15) is 0 Å². The maximum absolute atomic E-state index is 5.99. The number of benzene rings is 1. The normalized spacial score (nSPS) is 12.2. The highest BCUT2D eigenvalue weighted by atomic mass is 15.1. The lowest BCUT2D eigenvalue weighted by molar-refractivity contribution is 0.675. The molecule has 0 spiro atoms. The fraction of sp³-hybridized carbons (Fsp3) is 0.353. The molecule has 0 fully saturated rings. The molecule has 1 aromatic heterocycles. The second-order valence-electron chi connectivity index (χ2n) is 5.24. The highest BCUT2D eigenvalue weighted by Gasteiger charge is 2.07. The molecule has 20 heavy (non-hydrogen) atoms. The van der Waals surface area contributed by atoms with Crippen LogP contribution >= 0.6 is 0 Å². The van der Waals surface area contributed by atoms with Crippen LogP contribution in [-0.4, -0.2) is 12.0 Å². The largest absolute Gasteiger partial charge is 0.369 e. The van der Waals surface area contributed by atoms with Gasteiger partial charge in [0.25, 0.3) is 0 Å². The zero-order valence-corrected chi connectivity index (χ0v) is 12.5. The Kier molecular flexibility index (Phi) is 4.74. The molecule has 0 saturated carbocycles. The molecule has 3 nitrogen and oxygen atoms in total. The Morgan fingerprint density at radius 1 is 1.20 bits per heavy atom. The minimum Gasteiger partial charge on any atom is -0.369 e. The van der Waals surface area contributed by atoms with Crippen LogP contribution in [0.2, 0.25) is 0 Å². The van der Waals surface area contributed by atoms with Crippen LogP contribution in [0.4, 0.5) is 5.69 Å². The zero-order valence-electron chi connectivity index (χ0n) is 12.5. The van der Waals surface area contributed by atoms with E-state index in [1.165, 1.54) is 11.1 Å². The van der Waals surface area contributed by atoms with Gasteiger partial charge in [0.05, 0.1) is 17.6 Å². The van der Waals surface area contributed by atoms with Gasteiger partial charge in [-0.05, 0) is 36.6 Å². The molecule has 2 aromatic rings. The summed E-state index contributed by atoms with van der Waals surface area (Å²) in [6, 6.07) is 12.6. The Labute approximate surface area is 121 Å². The number of aromatic nitrogens is 1. The molecular formula is C17H23N3. The molecule has 0 radical (unpaired) electrons. The summed E-state index contributed by atoms with van der Waals surface area (Å²) >= 11 is 0. The Morgan fingerprint density at radius 3 is 2.55 bits per heavy atom. The number of rotatable bonds is 5. The molecule has 106 valence electrons. The molecule has 1 atom stereocenters. The molecule has 0 saturated heterocycles. The third-order valence-corrected chi connectivity index (χ3v) is 3.70. The predicted molar refractivity (Wildman–Crippen MR) is 84.7 cm³/mol. The van der Waals surface area contributed by atoms with Gasteiger partial charge in [0.2, 0.25) is 0 Å². The van der Waals surface area contributed by atoms with Crippen LogP contribution in [-0.2, 0) is 6.54 Å². The first-order valence-electron chi connectivity index (χ1n) is 7.09. The number of nitrogens with zero attached hydrogens (tertiary/aromatic N) is 2. The number of hydrogen-bond donors (Lipinski definition) is 1. The van der Waals surface area contributed by atoms with E-state index < -0.39 is 0 Å². The van der Waals surface area contributed by atoms with Gasteiger partial charge in [-0.15, -0.1) is 0 Å². The Hall–Kier alpha value is -1.87. The molecule has 0 unspecified atom stereocenters. The highest BCUT2D eigenvalue weighted by molar-refractivity contribution is 5.45. The second kappa shape index (κ2) is 6.53. The molecule has 3 heteroatoms. The fourth-order valence-corrected chi connectivity index (χ4v) is 2.19. The van der Waals surface area contributed by atoms with Crippen LogP contribution in [0.1, 0.15) is 36.2 Å². The van der Waals surface area contributed by atoms with Crippen molar-refractivity contribution in [3.63, 3.8) is 0 Å². The van der Waals surface area contributed by atoms with Gasteiger partial charge < -0.3 is 10.6 Å². The second-order valence-corrected chi connectivity index (χ2v) is 5.24. The smallest absolute Gasteiger partial charge is 0.0572 e. The van der Waals surface area contributed by atoms with Crippen molar-refractivity contribution < 1.29 is 0 Å². The van der Waals surface area contributed by atoms with Crippen LogP contribution < -0.4 is 10.6 Å². The lowest BCUT2D eigenvalue weighted by Gasteiger charge is -2.21. The fourth-order valence-electron chi connectivity index (χ4n) is 2.19. The molecule has 0 aliphatic carbocycles. The number of anilines is 1. The third kappa shape index (κ3) is 3.36. The first-order valence-corrected chi connectivity index (χ1v) is 7.09. The number of hydrogen-bond acceptors (Lipinski definition) is 3. The maximum atomic E-state index is 5.99. The summed E-state index contributed by atoms with van der Waals surface area (Å²) in [4.78, 5) is 6.67. The molecule has 2 N–H and O–H groups in total.